The molecule has 2 aliphatic heterocycles. The molecule has 43 heavy (non-hydrogen) atoms. The summed E-state index contributed by atoms with van der Waals surface area (Å²) in [6.45, 7) is 3.40. The largest absolute Gasteiger partial charge is 0.383 e. The van der Waals surface area contributed by atoms with Gasteiger partial charge in [0.2, 0.25) is 0 Å². The minimum atomic E-state index is -0.295. The maximum atomic E-state index is 13.3. The first-order valence-corrected chi connectivity index (χ1v) is 15.0. The number of rotatable bonds is 7. The number of nitrogens with two attached hydrogens (primary N) is 1. The molecule has 2 amide bonds. The third-order valence-corrected chi connectivity index (χ3v) is 8.79. The number of nitrogens with zero attached hydrogens (tertiary/aromatic N) is 5. The molecule has 0 radical (unpaired) electrons. The monoisotopic (exact) mass is 577 g/mol. The van der Waals surface area contributed by atoms with Gasteiger partial charge >= 0.3 is 0 Å². The maximum Gasteiger partial charge on any atom is 0.255 e. The third-order valence-electron chi connectivity index (χ3n) is 8.79. The first-order chi connectivity index (χ1) is 20.8. The summed E-state index contributed by atoms with van der Waals surface area (Å²) in [5.41, 5.74) is 12.3. The topological polar surface area (TPSA) is 109 Å². The molecule has 2 saturated heterocycles. The molecule has 4 aromatic rings. The normalized spacial score (nSPS) is 17.7. The van der Waals surface area contributed by atoms with Crippen molar-refractivity contribution in [1.82, 2.24) is 29.9 Å². The molecule has 2 aromatic carbocycles. The molecule has 1 atom stereocenters. The predicted molar refractivity (Wildman–Crippen MR) is 168 cm³/mol. The van der Waals surface area contributed by atoms with Gasteiger partial charge < -0.3 is 20.9 Å². The number of aryl methyl sites for hydroxylation is 1. The van der Waals surface area contributed by atoms with Gasteiger partial charge in [-0.05, 0) is 86.6 Å². The molecule has 2 aliphatic rings. The van der Waals surface area contributed by atoms with Crippen LogP contribution in [0.5, 0.6) is 0 Å². The van der Waals surface area contributed by atoms with E-state index in [9.17, 15) is 9.59 Å². The van der Waals surface area contributed by atoms with E-state index in [1.807, 2.05) is 37.5 Å². The van der Waals surface area contributed by atoms with Gasteiger partial charge in [-0.25, -0.2) is 4.98 Å². The maximum absolute atomic E-state index is 13.3. The van der Waals surface area contributed by atoms with Crippen molar-refractivity contribution >= 4 is 17.6 Å². The zero-order valence-electron chi connectivity index (χ0n) is 24.9. The van der Waals surface area contributed by atoms with Crippen LogP contribution >= 0.6 is 0 Å². The average molecular weight is 578 g/mol. The van der Waals surface area contributed by atoms with Crippen LogP contribution < -0.4 is 11.1 Å². The Balaban J connectivity index is 1.04. The number of nitrogens with one attached hydrogen (secondary N) is 1. The van der Waals surface area contributed by atoms with Crippen LogP contribution in [0.2, 0.25) is 0 Å². The lowest BCUT2D eigenvalue weighted by molar-refractivity contribution is 0.0783. The number of carbonyl (C=O) groups is 2. The number of pyridine rings is 1. The summed E-state index contributed by atoms with van der Waals surface area (Å²) in [4.78, 5) is 34.8. The quantitative estimate of drug-likeness (QED) is 0.340. The van der Waals surface area contributed by atoms with E-state index in [1.54, 1.807) is 28.0 Å². The number of amides is 2. The molecule has 9 nitrogen and oxygen atoms in total. The Kier molecular flexibility index (Phi) is 8.24. The fourth-order valence-corrected chi connectivity index (χ4v) is 6.13. The van der Waals surface area contributed by atoms with Crippen LogP contribution in [0.15, 0.2) is 73.2 Å². The van der Waals surface area contributed by atoms with E-state index in [-0.39, 0.29) is 23.7 Å². The molecule has 0 bridgehead atoms. The van der Waals surface area contributed by atoms with Crippen molar-refractivity contribution in [2.24, 2.45) is 13.0 Å². The predicted octanol–water partition coefficient (Wildman–Crippen LogP) is 4.26. The zero-order chi connectivity index (χ0) is 29.9. The number of hydrogen-bond donors (Lipinski definition) is 2. The van der Waals surface area contributed by atoms with Crippen molar-refractivity contribution < 1.29 is 9.59 Å². The van der Waals surface area contributed by atoms with Crippen LogP contribution in [0.25, 0.3) is 22.3 Å². The Morgan fingerprint density at radius 2 is 1.58 bits per heavy atom. The van der Waals surface area contributed by atoms with Crippen LogP contribution in [-0.4, -0.2) is 75.6 Å². The van der Waals surface area contributed by atoms with Crippen LogP contribution in [0.1, 0.15) is 45.5 Å². The first kappa shape index (κ1) is 28.6. The van der Waals surface area contributed by atoms with Gasteiger partial charge in [0, 0.05) is 55.3 Å². The second-order valence-electron chi connectivity index (χ2n) is 12.0. The summed E-state index contributed by atoms with van der Waals surface area (Å²) in [5, 5.41) is 7.23. The lowest BCUT2D eigenvalue weighted by Gasteiger charge is -2.29. The summed E-state index contributed by atoms with van der Waals surface area (Å²) in [6, 6.07) is 18.2. The number of carbonyl (C=O) groups excluding carboxylic acids is 2. The summed E-state index contributed by atoms with van der Waals surface area (Å²) < 4.78 is 1.69. The van der Waals surface area contributed by atoms with Crippen molar-refractivity contribution in [3.05, 3.63) is 89.9 Å². The lowest BCUT2D eigenvalue weighted by atomic mass is 9.90. The summed E-state index contributed by atoms with van der Waals surface area (Å²) in [7, 11) is 4.03. The van der Waals surface area contributed by atoms with Gasteiger partial charge in [0.15, 0.2) is 0 Å². The molecule has 0 aliphatic carbocycles. The first-order valence-electron chi connectivity index (χ1n) is 15.0. The number of hydrogen-bond acceptors (Lipinski definition) is 6. The average Bonchev–Trinajstić information content (AvgIpc) is 3.68. The summed E-state index contributed by atoms with van der Waals surface area (Å²) in [6.07, 6.45) is 9.56. The number of aromatic nitrogens is 3. The van der Waals surface area contributed by atoms with E-state index in [0.29, 0.717) is 30.6 Å². The van der Waals surface area contributed by atoms with E-state index >= 15 is 0 Å². The molecular formula is C34H39N7O2. The Hall–Kier alpha value is -4.50. The Morgan fingerprint density at radius 1 is 0.884 bits per heavy atom. The standard InChI is InChI=1S/C34H39N7O2/c1-39-14-11-24(12-15-39)17-23-3-5-25(6-4-23)26-7-9-27(10-8-26)34(43)41-16-13-30(22-41)38-33(42)31-18-28(19-36-32(31)35)29-20-37-40(2)21-29/h3-10,18-21,24,30H,11-17,22H2,1-2H3,(H2,35,36)(H,38,42)/t30-/m1/s1. The number of anilines is 1. The highest BCUT2D eigenvalue weighted by atomic mass is 16.2. The molecule has 2 fully saturated rings. The highest BCUT2D eigenvalue weighted by Crippen LogP contribution is 2.26. The van der Waals surface area contributed by atoms with E-state index in [2.05, 4.69) is 51.6 Å². The van der Waals surface area contributed by atoms with E-state index in [4.69, 9.17) is 5.73 Å². The SMILES string of the molecule is CN1CCC(Cc2ccc(-c3ccc(C(=O)N4CC[C@@H](NC(=O)c5cc(-c6cnn(C)c6)cnc5N)C4)cc3)cc2)CC1. The van der Waals surface area contributed by atoms with E-state index in [1.165, 1.54) is 31.5 Å². The van der Waals surface area contributed by atoms with Crippen molar-refractivity contribution in [2.75, 3.05) is 39.0 Å². The van der Waals surface area contributed by atoms with Gasteiger partial charge in [0.05, 0.1) is 11.8 Å². The second kappa shape index (κ2) is 12.4. The van der Waals surface area contributed by atoms with Gasteiger partial charge in [0.25, 0.3) is 11.8 Å². The Bertz CT molecular complexity index is 1590. The zero-order valence-corrected chi connectivity index (χ0v) is 24.9. The highest BCUT2D eigenvalue weighted by Gasteiger charge is 2.29. The lowest BCUT2D eigenvalue weighted by Crippen LogP contribution is -2.38. The Morgan fingerprint density at radius 3 is 2.26 bits per heavy atom. The molecule has 9 heteroatoms. The van der Waals surface area contributed by atoms with Gasteiger partial charge in [-0.15, -0.1) is 0 Å². The smallest absolute Gasteiger partial charge is 0.255 e. The second-order valence-corrected chi connectivity index (χ2v) is 12.0. The van der Waals surface area contributed by atoms with Crippen LogP contribution in [0.3, 0.4) is 0 Å². The molecule has 0 saturated carbocycles. The van der Waals surface area contributed by atoms with Gasteiger partial charge in [-0.2, -0.15) is 5.10 Å². The fourth-order valence-electron chi connectivity index (χ4n) is 6.13. The molecule has 3 N–H and O–H groups in total. The molecule has 2 aromatic heterocycles. The minimum Gasteiger partial charge on any atom is -0.383 e. The number of nitrogen functional groups attached to an aromatic ring is 1. The van der Waals surface area contributed by atoms with E-state index < -0.39 is 0 Å². The van der Waals surface area contributed by atoms with Crippen LogP contribution in [0.4, 0.5) is 5.82 Å². The van der Waals surface area contributed by atoms with Gasteiger partial charge in [-0.3, -0.25) is 14.3 Å². The molecule has 4 heterocycles. The Labute approximate surface area is 252 Å². The van der Waals surface area contributed by atoms with Crippen molar-refractivity contribution in [3.63, 3.8) is 0 Å². The molecular weight excluding hydrogens is 538 g/mol. The molecule has 222 valence electrons. The van der Waals surface area contributed by atoms with Gasteiger partial charge in [-0.1, -0.05) is 36.4 Å². The number of benzene rings is 2. The van der Waals surface area contributed by atoms with E-state index in [0.717, 1.165) is 34.6 Å². The number of piperidine rings is 1. The highest BCUT2D eigenvalue weighted by molar-refractivity contribution is 6.00. The van der Waals surface area contributed by atoms with Crippen molar-refractivity contribution in [1.29, 1.82) is 0 Å². The minimum absolute atomic E-state index is 0.0310. The molecule has 6 rings (SSSR count). The molecule has 0 unspecified atom stereocenters. The van der Waals surface area contributed by atoms with Crippen molar-refractivity contribution in [3.8, 4) is 22.3 Å². The van der Waals surface area contributed by atoms with Crippen molar-refractivity contribution in [2.45, 2.75) is 31.7 Å². The number of likely N-dealkylation sites (tertiary alicyclic amines) is 2. The van der Waals surface area contributed by atoms with Crippen LogP contribution in [0, 0.1) is 5.92 Å². The van der Waals surface area contributed by atoms with Gasteiger partial charge in [0.1, 0.15) is 5.82 Å². The molecule has 0 spiro atoms. The van der Waals surface area contributed by atoms with Crippen LogP contribution in [-0.2, 0) is 13.5 Å². The summed E-state index contributed by atoms with van der Waals surface area (Å²) >= 11 is 0. The summed E-state index contributed by atoms with van der Waals surface area (Å²) in [5.74, 6) is 0.612. The fraction of sp³-hybridized carbons (Fsp3) is 0.353. The third kappa shape index (κ3) is 6.62.